The predicted octanol–water partition coefficient (Wildman–Crippen LogP) is 6.47. The number of allylic oxidation sites excluding steroid dienone is 1. The van der Waals surface area contributed by atoms with Gasteiger partial charge in [-0.25, -0.2) is 0 Å². The fraction of sp³-hybridized carbons (Fsp3) is 0.240. The molecule has 3 nitrogen and oxygen atoms in total. The van der Waals surface area contributed by atoms with Crippen LogP contribution < -0.4 is 10.1 Å². The van der Waals surface area contributed by atoms with Crippen molar-refractivity contribution in [3.8, 4) is 5.75 Å². The molecule has 0 aliphatic carbocycles. The van der Waals surface area contributed by atoms with Crippen molar-refractivity contribution >= 4 is 23.3 Å². The van der Waals surface area contributed by atoms with Gasteiger partial charge >= 0.3 is 0 Å². The molecule has 3 aromatic rings. The summed E-state index contributed by atoms with van der Waals surface area (Å²) in [5.41, 5.74) is 5.60. The average Bonchev–Trinajstić information content (AvgIpc) is 3.16. The normalized spacial score (nSPS) is 12.1. The molecule has 29 heavy (non-hydrogen) atoms. The van der Waals surface area contributed by atoms with Crippen LogP contribution in [0.3, 0.4) is 0 Å². The molecule has 4 heteroatoms. The molecule has 0 spiro atoms. The molecular formula is C25H27NO2S. The van der Waals surface area contributed by atoms with Gasteiger partial charge in [0.15, 0.2) is 0 Å². The molecule has 1 heterocycles. The van der Waals surface area contributed by atoms with Crippen LogP contribution in [0.4, 0.5) is 0 Å². The fourth-order valence-electron chi connectivity index (χ4n) is 3.32. The Labute approximate surface area is 177 Å². The Bertz CT molecular complexity index is 1020. The van der Waals surface area contributed by atoms with E-state index in [1.54, 1.807) is 0 Å². The molecule has 0 bridgehead atoms. The van der Waals surface area contributed by atoms with E-state index in [0.29, 0.717) is 11.5 Å². The summed E-state index contributed by atoms with van der Waals surface area (Å²) in [6, 6.07) is 16.1. The molecule has 1 amide bonds. The van der Waals surface area contributed by atoms with Gasteiger partial charge in [-0.15, -0.1) is 11.3 Å². The van der Waals surface area contributed by atoms with E-state index in [-0.39, 0.29) is 11.9 Å². The molecule has 150 valence electrons. The number of amides is 1. The number of nitrogens with one attached hydrogen (secondary N) is 1. The maximum atomic E-state index is 12.7. The zero-order chi connectivity index (χ0) is 20.8. The first-order valence-electron chi connectivity index (χ1n) is 9.78. The first kappa shape index (κ1) is 20.9. The predicted molar refractivity (Wildman–Crippen MR) is 122 cm³/mol. The van der Waals surface area contributed by atoms with Crippen LogP contribution >= 0.6 is 11.3 Å². The second kappa shape index (κ2) is 9.57. The molecule has 3 rings (SSSR count). The SMILES string of the molecule is C/C=C/c1ccccc1OCc1csc(C(=O)NC(C)c2ccc(C)cc2C)c1. The molecule has 0 aliphatic rings. The molecule has 0 radical (unpaired) electrons. The van der Waals surface area contributed by atoms with E-state index in [1.807, 2.05) is 61.7 Å². The fourth-order valence-corrected chi connectivity index (χ4v) is 4.12. The molecule has 1 unspecified atom stereocenters. The molecule has 1 N–H and O–H groups in total. The highest BCUT2D eigenvalue weighted by Gasteiger charge is 2.15. The Morgan fingerprint density at radius 3 is 2.72 bits per heavy atom. The smallest absolute Gasteiger partial charge is 0.261 e. The number of hydrogen-bond acceptors (Lipinski definition) is 3. The van der Waals surface area contributed by atoms with Gasteiger partial charge in [0.25, 0.3) is 5.91 Å². The summed E-state index contributed by atoms with van der Waals surface area (Å²) in [6.07, 6.45) is 4.02. The number of ether oxygens (including phenoxy) is 1. The minimum Gasteiger partial charge on any atom is -0.488 e. The van der Waals surface area contributed by atoms with Crippen LogP contribution in [0.25, 0.3) is 6.08 Å². The third-order valence-electron chi connectivity index (χ3n) is 4.78. The van der Waals surface area contributed by atoms with Crippen molar-refractivity contribution in [2.75, 3.05) is 0 Å². The highest BCUT2D eigenvalue weighted by molar-refractivity contribution is 7.12. The maximum absolute atomic E-state index is 12.7. The number of carbonyl (C=O) groups excluding carboxylic acids is 1. The van der Waals surface area contributed by atoms with E-state index in [9.17, 15) is 4.79 Å². The topological polar surface area (TPSA) is 38.3 Å². The number of aryl methyl sites for hydroxylation is 2. The standard InChI is InChI=1S/C25H27NO2S/c1-5-8-21-9-6-7-10-23(21)28-15-20-14-24(29-16-20)25(27)26-19(4)22-12-11-17(2)13-18(22)3/h5-14,16,19H,15H2,1-4H3,(H,26,27)/b8-5+. The van der Waals surface area contributed by atoms with Gasteiger partial charge in [0.05, 0.1) is 10.9 Å². The van der Waals surface area contributed by atoms with Gasteiger partial charge in [-0.1, -0.05) is 54.1 Å². The number of carbonyl (C=O) groups is 1. The minimum absolute atomic E-state index is 0.0439. The summed E-state index contributed by atoms with van der Waals surface area (Å²) < 4.78 is 5.97. The molecule has 1 atom stereocenters. The molecule has 2 aromatic carbocycles. The highest BCUT2D eigenvalue weighted by Crippen LogP contribution is 2.23. The van der Waals surface area contributed by atoms with E-state index >= 15 is 0 Å². The lowest BCUT2D eigenvalue weighted by atomic mass is 10.0. The Morgan fingerprint density at radius 1 is 1.17 bits per heavy atom. The van der Waals surface area contributed by atoms with E-state index < -0.39 is 0 Å². The van der Waals surface area contributed by atoms with Crippen LogP contribution in [-0.2, 0) is 6.61 Å². The molecule has 0 aliphatic heterocycles. The van der Waals surface area contributed by atoms with Gasteiger partial charge in [0.1, 0.15) is 12.4 Å². The Hall–Kier alpha value is -2.85. The van der Waals surface area contributed by atoms with Crippen molar-refractivity contribution < 1.29 is 9.53 Å². The molecular weight excluding hydrogens is 378 g/mol. The lowest BCUT2D eigenvalue weighted by molar-refractivity contribution is 0.0944. The van der Waals surface area contributed by atoms with Crippen molar-refractivity contribution in [2.45, 2.75) is 40.3 Å². The van der Waals surface area contributed by atoms with Gasteiger partial charge in [-0.05, 0) is 56.3 Å². The largest absolute Gasteiger partial charge is 0.488 e. The first-order valence-corrected chi connectivity index (χ1v) is 10.7. The quantitative estimate of drug-likeness (QED) is 0.489. The second-order valence-corrected chi connectivity index (χ2v) is 8.11. The molecule has 0 saturated heterocycles. The number of thiophene rings is 1. The minimum atomic E-state index is -0.0527. The van der Waals surface area contributed by atoms with Crippen LogP contribution in [0.5, 0.6) is 5.75 Å². The second-order valence-electron chi connectivity index (χ2n) is 7.20. The summed E-state index contributed by atoms with van der Waals surface area (Å²) in [7, 11) is 0. The zero-order valence-corrected chi connectivity index (χ0v) is 18.2. The highest BCUT2D eigenvalue weighted by atomic mass is 32.1. The van der Waals surface area contributed by atoms with Crippen LogP contribution in [0.2, 0.25) is 0 Å². The van der Waals surface area contributed by atoms with Crippen LogP contribution in [0.1, 0.15) is 57.4 Å². The van der Waals surface area contributed by atoms with Crippen LogP contribution in [-0.4, -0.2) is 5.91 Å². The Morgan fingerprint density at radius 2 is 1.97 bits per heavy atom. The molecule has 0 saturated carbocycles. The van der Waals surface area contributed by atoms with E-state index in [1.165, 1.54) is 22.5 Å². The van der Waals surface area contributed by atoms with Gasteiger partial charge in [0, 0.05) is 11.1 Å². The van der Waals surface area contributed by atoms with E-state index in [0.717, 1.165) is 22.4 Å². The lowest BCUT2D eigenvalue weighted by Gasteiger charge is -2.16. The number of rotatable bonds is 7. The zero-order valence-electron chi connectivity index (χ0n) is 17.4. The van der Waals surface area contributed by atoms with Crippen molar-refractivity contribution in [1.29, 1.82) is 0 Å². The van der Waals surface area contributed by atoms with E-state index in [2.05, 4.69) is 37.4 Å². The number of hydrogen-bond donors (Lipinski definition) is 1. The number of benzene rings is 2. The van der Waals surface area contributed by atoms with Gasteiger partial charge < -0.3 is 10.1 Å². The monoisotopic (exact) mass is 405 g/mol. The van der Waals surface area contributed by atoms with Crippen LogP contribution in [0, 0.1) is 13.8 Å². The van der Waals surface area contributed by atoms with Crippen molar-refractivity contribution in [3.63, 3.8) is 0 Å². The molecule has 0 fully saturated rings. The number of para-hydroxylation sites is 1. The molecule has 1 aromatic heterocycles. The van der Waals surface area contributed by atoms with Gasteiger partial charge in [-0.2, -0.15) is 0 Å². The van der Waals surface area contributed by atoms with Gasteiger partial charge in [-0.3, -0.25) is 4.79 Å². The summed E-state index contributed by atoms with van der Waals surface area (Å²) in [6.45, 7) is 8.60. The third kappa shape index (κ3) is 5.36. The summed E-state index contributed by atoms with van der Waals surface area (Å²) in [5.74, 6) is 0.786. The Balaban J connectivity index is 1.63. The van der Waals surface area contributed by atoms with Crippen molar-refractivity contribution in [1.82, 2.24) is 5.32 Å². The van der Waals surface area contributed by atoms with Crippen molar-refractivity contribution in [2.24, 2.45) is 0 Å². The summed E-state index contributed by atoms with van der Waals surface area (Å²) in [4.78, 5) is 13.4. The Kier molecular flexibility index (Phi) is 6.89. The van der Waals surface area contributed by atoms with Crippen molar-refractivity contribution in [3.05, 3.63) is 92.7 Å². The average molecular weight is 406 g/mol. The van der Waals surface area contributed by atoms with Gasteiger partial charge in [0.2, 0.25) is 0 Å². The summed E-state index contributed by atoms with van der Waals surface area (Å²) >= 11 is 1.45. The first-order chi connectivity index (χ1) is 14.0. The lowest BCUT2D eigenvalue weighted by Crippen LogP contribution is -2.26. The third-order valence-corrected chi connectivity index (χ3v) is 5.75. The maximum Gasteiger partial charge on any atom is 0.261 e. The van der Waals surface area contributed by atoms with Crippen LogP contribution in [0.15, 0.2) is 60.0 Å². The van der Waals surface area contributed by atoms with E-state index in [4.69, 9.17) is 4.74 Å². The summed E-state index contributed by atoms with van der Waals surface area (Å²) in [5, 5.41) is 5.09.